The van der Waals surface area contributed by atoms with Gasteiger partial charge in [-0.15, -0.1) is 0 Å². The predicted octanol–water partition coefficient (Wildman–Crippen LogP) is 3.99. The fourth-order valence-electron chi connectivity index (χ4n) is 2.26. The molecule has 0 bridgehead atoms. The summed E-state index contributed by atoms with van der Waals surface area (Å²) in [5.74, 6) is 0.141. The van der Waals surface area contributed by atoms with Gasteiger partial charge in [0.25, 0.3) is 0 Å². The predicted molar refractivity (Wildman–Crippen MR) is 106 cm³/mol. The highest BCUT2D eigenvalue weighted by molar-refractivity contribution is 5.98. The number of anilines is 3. The topological polar surface area (TPSA) is 92.4 Å². The van der Waals surface area contributed by atoms with Crippen molar-refractivity contribution in [2.24, 2.45) is 0 Å². The van der Waals surface area contributed by atoms with E-state index in [9.17, 15) is 9.59 Å². The van der Waals surface area contributed by atoms with E-state index in [-0.39, 0.29) is 5.91 Å². The van der Waals surface area contributed by atoms with E-state index < -0.39 is 17.7 Å². The fraction of sp³-hybridized carbons (Fsp3) is 0.350. The monoisotopic (exact) mass is 370 g/mol. The number of aromatic nitrogens is 1. The molecule has 0 fully saturated rings. The SMILES string of the molecule is Cc1cccc(Nc2ncccc2NC(=O)C(C)NC(=O)OC(C)(C)C)c1. The van der Waals surface area contributed by atoms with Gasteiger partial charge in [0.15, 0.2) is 5.82 Å². The zero-order valence-corrected chi connectivity index (χ0v) is 16.3. The van der Waals surface area contributed by atoms with Gasteiger partial charge in [-0.05, 0) is 64.4 Å². The molecule has 0 aliphatic carbocycles. The van der Waals surface area contributed by atoms with Crippen LogP contribution in [0.4, 0.5) is 22.0 Å². The number of nitrogens with one attached hydrogen (secondary N) is 3. The van der Waals surface area contributed by atoms with Crippen molar-refractivity contribution in [1.82, 2.24) is 10.3 Å². The minimum absolute atomic E-state index is 0.374. The van der Waals surface area contributed by atoms with Crippen molar-refractivity contribution >= 4 is 29.2 Å². The van der Waals surface area contributed by atoms with Gasteiger partial charge < -0.3 is 20.7 Å². The third-order valence-corrected chi connectivity index (χ3v) is 3.47. The van der Waals surface area contributed by atoms with E-state index in [0.717, 1.165) is 11.3 Å². The molecule has 1 aromatic carbocycles. The van der Waals surface area contributed by atoms with Crippen LogP contribution < -0.4 is 16.0 Å². The lowest BCUT2D eigenvalue weighted by atomic mass is 10.2. The van der Waals surface area contributed by atoms with Crippen molar-refractivity contribution in [2.75, 3.05) is 10.6 Å². The van der Waals surface area contributed by atoms with Crippen molar-refractivity contribution < 1.29 is 14.3 Å². The summed E-state index contributed by atoms with van der Waals surface area (Å²) in [5.41, 5.74) is 1.86. The Balaban J connectivity index is 2.04. The summed E-state index contributed by atoms with van der Waals surface area (Å²) in [6, 6.07) is 10.5. The van der Waals surface area contributed by atoms with E-state index in [1.54, 1.807) is 46.0 Å². The van der Waals surface area contributed by atoms with E-state index >= 15 is 0 Å². The standard InChI is InChI=1S/C20H26N4O3/c1-13-8-6-9-15(12-13)23-17-16(10-7-11-21-17)24-18(25)14(2)22-19(26)27-20(3,4)5/h6-12,14H,1-5H3,(H,21,23)(H,22,26)(H,24,25). The van der Waals surface area contributed by atoms with Gasteiger partial charge in [0, 0.05) is 11.9 Å². The number of pyridine rings is 1. The van der Waals surface area contributed by atoms with Crippen molar-refractivity contribution in [3.05, 3.63) is 48.2 Å². The van der Waals surface area contributed by atoms with E-state index in [1.807, 2.05) is 31.2 Å². The second-order valence-corrected chi connectivity index (χ2v) is 7.25. The maximum Gasteiger partial charge on any atom is 0.408 e. The summed E-state index contributed by atoms with van der Waals surface area (Å²) in [4.78, 5) is 28.6. The van der Waals surface area contributed by atoms with Gasteiger partial charge in [-0.2, -0.15) is 0 Å². The number of benzene rings is 1. The maximum absolute atomic E-state index is 12.4. The molecule has 0 saturated carbocycles. The molecule has 1 atom stereocenters. The van der Waals surface area contributed by atoms with E-state index in [4.69, 9.17) is 4.74 Å². The Hall–Kier alpha value is -3.09. The number of ether oxygens (including phenoxy) is 1. The second kappa shape index (κ2) is 8.53. The molecule has 2 rings (SSSR count). The van der Waals surface area contributed by atoms with Crippen LogP contribution >= 0.6 is 0 Å². The Morgan fingerprint density at radius 1 is 1.15 bits per heavy atom. The lowest BCUT2D eigenvalue weighted by molar-refractivity contribution is -0.117. The lowest BCUT2D eigenvalue weighted by Gasteiger charge is -2.22. The molecule has 3 N–H and O–H groups in total. The molecule has 2 amide bonds. The molecule has 0 radical (unpaired) electrons. The van der Waals surface area contributed by atoms with Gasteiger partial charge in [0.2, 0.25) is 5.91 Å². The number of carbonyl (C=O) groups excluding carboxylic acids is 2. The molecular formula is C20H26N4O3. The Bertz CT molecular complexity index is 815. The Kier molecular flexibility index (Phi) is 6.39. The zero-order valence-electron chi connectivity index (χ0n) is 16.3. The highest BCUT2D eigenvalue weighted by Crippen LogP contribution is 2.23. The third kappa shape index (κ3) is 6.62. The van der Waals surface area contributed by atoms with Crippen LogP contribution in [0.2, 0.25) is 0 Å². The maximum atomic E-state index is 12.4. The van der Waals surface area contributed by atoms with Gasteiger partial charge in [-0.25, -0.2) is 9.78 Å². The Morgan fingerprint density at radius 2 is 1.89 bits per heavy atom. The van der Waals surface area contributed by atoms with Crippen LogP contribution in [0.3, 0.4) is 0 Å². The molecule has 2 aromatic rings. The van der Waals surface area contributed by atoms with Crippen molar-refractivity contribution in [1.29, 1.82) is 0 Å². The molecule has 0 aliphatic rings. The molecule has 27 heavy (non-hydrogen) atoms. The number of rotatable bonds is 5. The summed E-state index contributed by atoms with van der Waals surface area (Å²) in [6.45, 7) is 8.86. The largest absolute Gasteiger partial charge is 0.444 e. The highest BCUT2D eigenvalue weighted by atomic mass is 16.6. The smallest absolute Gasteiger partial charge is 0.408 e. The average molecular weight is 370 g/mol. The summed E-state index contributed by atoms with van der Waals surface area (Å²) in [7, 11) is 0. The number of hydrogen-bond donors (Lipinski definition) is 3. The Morgan fingerprint density at radius 3 is 2.56 bits per heavy atom. The van der Waals surface area contributed by atoms with E-state index in [0.29, 0.717) is 11.5 Å². The molecule has 7 heteroatoms. The molecule has 7 nitrogen and oxygen atoms in total. The Labute approximate surface area is 159 Å². The number of nitrogens with zero attached hydrogens (tertiary/aromatic N) is 1. The molecule has 0 saturated heterocycles. The van der Waals surface area contributed by atoms with Crippen molar-refractivity contribution in [3.63, 3.8) is 0 Å². The van der Waals surface area contributed by atoms with Crippen LogP contribution in [0.15, 0.2) is 42.6 Å². The summed E-state index contributed by atoms with van der Waals surface area (Å²) < 4.78 is 5.17. The second-order valence-electron chi connectivity index (χ2n) is 7.25. The lowest BCUT2D eigenvalue weighted by Crippen LogP contribution is -2.44. The summed E-state index contributed by atoms with van der Waals surface area (Å²) >= 11 is 0. The molecule has 0 spiro atoms. The fourth-order valence-corrected chi connectivity index (χ4v) is 2.26. The molecule has 0 aliphatic heterocycles. The third-order valence-electron chi connectivity index (χ3n) is 3.47. The first-order valence-corrected chi connectivity index (χ1v) is 8.73. The van der Waals surface area contributed by atoms with Crippen LogP contribution in [0.1, 0.15) is 33.3 Å². The van der Waals surface area contributed by atoms with Gasteiger partial charge in [0.1, 0.15) is 11.6 Å². The van der Waals surface area contributed by atoms with E-state index in [2.05, 4.69) is 20.9 Å². The molecule has 144 valence electrons. The number of amides is 2. The quantitative estimate of drug-likeness (QED) is 0.740. The number of carbonyl (C=O) groups is 2. The van der Waals surface area contributed by atoms with Gasteiger partial charge in [0.05, 0.1) is 5.69 Å². The van der Waals surface area contributed by atoms with Crippen molar-refractivity contribution in [2.45, 2.75) is 46.3 Å². The number of alkyl carbamates (subject to hydrolysis) is 1. The summed E-state index contributed by atoms with van der Waals surface area (Å²) in [5, 5.41) is 8.49. The van der Waals surface area contributed by atoms with Crippen LogP contribution in [0.5, 0.6) is 0 Å². The molecule has 1 heterocycles. The first-order chi connectivity index (χ1) is 12.6. The van der Waals surface area contributed by atoms with Crippen molar-refractivity contribution in [3.8, 4) is 0 Å². The number of aryl methyl sites for hydroxylation is 1. The van der Waals surface area contributed by atoms with Gasteiger partial charge in [-0.3, -0.25) is 4.79 Å². The van der Waals surface area contributed by atoms with Gasteiger partial charge in [-0.1, -0.05) is 12.1 Å². The molecule has 1 aromatic heterocycles. The van der Waals surface area contributed by atoms with Crippen LogP contribution in [-0.4, -0.2) is 28.6 Å². The minimum Gasteiger partial charge on any atom is -0.444 e. The first-order valence-electron chi connectivity index (χ1n) is 8.73. The van der Waals surface area contributed by atoms with E-state index in [1.165, 1.54) is 0 Å². The minimum atomic E-state index is -0.771. The van der Waals surface area contributed by atoms with Crippen LogP contribution in [0, 0.1) is 6.92 Å². The first kappa shape index (κ1) is 20.2. The van der Waals surface area contributed by atoms with Crippen LogP contribution in [0.25, 0.3) is 0 Å². The average Bonchev–Trinajstić information content (AvgIpc) is 2.54. The summed E-state index contributed by atoms with van der Waals surface area (Å²) in [6.07, 6.45) is 0.991. The molecular weight excluding hydrogens is 344 g/mol. The van der Waals surface area contributed by atoms with Crippen LogP contribution in [-0.2, 0) is 9.53 Å². The van der Waals surface area contributed by atoms with Gasteiger partial charge >= 0.3 is 6.09 Å². The highest BCUT2D eigenvalue weighted by Gasteiger charge is 2.21. The number of hydrogen-bond acceptors (Lipinski definition) is 5. The zero-order chi connectivity index (χ0) is 20.0. The molecule has 1 unspecified atom stereocenters. The normalized spacial score (nSPS) is 12.0.